The van der Waals surface area contributed by atoms with Gasteiger partial charge in [-0.05, 0) is 24.6 Å². The second-order valence-corrected chi connectivity index (χ2v) is 4.64. The summed E-state index contributed by atoms with van der Waals surface area (Å²) >= 11 is 0. The molecule has 18 heavy (non-hydrogen) atoms. The second-order valence-electron chi connectivity index (χ2n) is 4.64. The highest BCUT2D eigenvalue weighted by molar-refractivity contribution is 5.98. The van der Waals surface area contributed by atoms with E-state index >= 15 is 0 Å². The zero-order valence-electron chi connectivity index (χ0n) is 10.4. The summed E-state index contributed by atoms with van der Waals surface area (Å²) in [4.78, 5) is 17.3. The summed E-state index contributed by atoms with van der Waals surface area (Å²) < 4.78 is 5.26. The zero-order valence-corrected chi connectivity index (χ0v) is 10.4. The standard InChI is InChI=1S/C14H16N2O2/c1-10-9-15-13-8-11(2-3-12(10)13)14(17)16-4-6-18-7-5-16/h2-3,8-9,15H,4-7H2,1H3. The van der Waals surface area contributed by atoms with Gasteiger partial charge in [0.1, 0.15) is 0 Å². The van der Waals surface area contributed by atoms with Gasteiger partial charge in [-0.3, -0.25) is 4.79 Å². The van der Waals surface area contributed by atoms with Crippen molar-refractivity contribution < 1.29 is 9.53 Å². The molecular formula is C14H16N2O2. The molecule has 2 aromatic rings. The second kappa shape index (κ2) is 4.46. The number of nitrogens with zero attached hydrogens (tertiary/aromatic N) is 1. The van der Waals surface area contributed by atoms with E-state index in [9.17, 15) is 4.79 Å². The summed E-state index contributed by atoms with van der Waals surface area (Å²) in [5.41, 5.74) is 2.97. The number of H-pyrrole nitrogens is 1. The molecule has 3 rings (SSSR count). The van der Waals surface area contributed by atoms with Gasteiger partial charge < -0.3 is 14.6 Å². The van der Waals surface area contributed by atoms with Crippen molar-refractivity contribution >= 4 is 16.8 Å². The number of aromatic nitrogens is 1. The molecule has 0 saturated carbocycles. The van der Waals surface area contributed by atoms with Crippen molar-refractivity contribution in [3.8, 4) is 0 Å². The number of ether oxygens (including phenoxy) is 1. The largest absolute Gasteiger partial charge is 0.378 e. The Bertz CT molecular complexity index is 582. The van der Waals surface area contributed by atoms with E-state index in [0.717, 1.165) is 11.1 Å². The predicted molar refractivity (Wildman–Crippen MR) is 69.8 cm³/mol. The third-order valence-corrected chi connectivity index (χ3v) is 3.43. The fourth-order valence-corrected chi connectivity index (χ4v) is 2.35. The quantitative estimate of drug-likeness (QED) is 0.833. The maximum atomic E-state index is 12.3. The van der Waals surface area contributed by atoms with Crippen LogP contribution in [0.15, 0.2) is 24.4 Å². The first-order chi connectivity index (χ1) is 8.75. The molecule has 0 radical (unpaired) electrons. The maximum Gasteiger partial charge on any atom is 0.254 e. The van der Waals surface area contributed by atoms with Gasteiger partial charge in [-0.1, -0.05) is 6.07 Å². The van der Waals surface area contributed by atoms with Crippen LogP contribution in [0.4, 0.5) is 0 Å². The monoisotopic (exact) mass is 244 g/mol. The summed E-state index contributed by atoms with van der Waals surface area (Å²) in [6, 6.07) is 5.84. The number of carbonyl (C=O) groups is 1. The van der Waals surface area contributed by atoms with Gasteiger partial charge in [0.05, 0.1) is 13.2 Å². The lowest BCUT2D eigenvalue weighted by Gasteiger charge is -2.26. The normalized spacial score (nSPS) is 16.2. The van der Waals surface area contributed by atoms with Crippen LogP contribution >= 0.6 is 0 Å². The summed E-state index contributed by atoms with van der Waals surface area (Å²) in [6.45, 7) is 4.69. The van der Waals surface area contributed by atoms with Crippen LogP contribution in [0, 0.1) is 6.92 Å². The number of fused-ring (bicyclic) bond motifs is 1. The van der Waals surface area contributed by atoms with E-state index in [-0.39, 0.29) is 5.91 Å². The lowest BCUT2D eigenvalue weighted by molar-refractivity contribution is 0.0303. The molecule has 1 fully saturated rings. The number of benzene rings is 1. The number of aryl methyl sites for hydroxylation is 1. The Morgan fingerprint density at radius 2 is 2.11 bits per heavy atom. The number of morpholine rings is 1. The molecular weight excluding hydrogens is 228 g/mol. The minimum atomic E-state index is 0.0902. The van der Waals surface area contributed by atoms with Crippen molar-refractivity contribution in [3.05, 3.63) is 35.5 Å². The molecule has 2 heterocycles. The number of carbonyl (C=O) groups excluding carboxylic acids is 1. The van der Waals surface area contributed by atoms with Crippen LogP contribution in [-0.2, 0) is 4.74 Å². The summed E-state index contributed by atoms with van der Waals surface area (Å²) in [6.07, 6.45) is 1.97. The van der Waals surface area contributed by atoms with Crippen molar-refractivity contribution in [1.29, 1.82) is 0 Å². The first-order valence-corrected chi connectivity index (χ1v) is 6.20. The Hall–Kier alpha value is -1.81. The van der Waals surface area contributed by atoms with Crippen LogP contribution in [0.3, 0.4) is 0 Å². The smallest absolute Gasteiger partial charge is 0.254 e. The fourth-order valence-electron chi connectivity index (χ4n) is 2.35. The maximum absolute atomic E-state index is 12.3. The van der Waals surface area contributed by atoms with Crippen LogP contribution in [0.1, 0.15) is 15.9 Å². The fraction of sp³-hybridized carbons (Fsp3) is 0.357. The molecule has 1 saturated heterocycles. The first kappa shape index (κ1) is 11.3. The number of aromatic amines is 1. The van der Waals surface area contributed by atoms with E-state index in [0.29, 0.717) is 26.3 Å². The van der Waals surface area contributed by atoms with Gasteiger partial charge in [0, 0.05) is 35.8 Å². The molecule has 0 bridgehead atoms. The highest BCUT2D eigenvalue weighted by Gasteiger charge is 2.18. The highest BCUT2D eigenvalue weighted by atomic mass is 16.5. The van der Waals surface area contributed by atoms with E-state index in [2.05, 4.69) is 11.9 Å². The molecule has 0 spiro atoms. The first-order valence-electron chi connectivity index (χ1n) is 6.20. The summed E-state index contributed by atoms with van der Waals surface area (Å²) in [5, 5.41) is 1.17. The van der Waals surface area contributed by atoms with Crippen LogP contribution in [0.25, 0.3) is 10.9 Å². The van der Waals surface area contributed by atoms with Crippen molar-refractivity contribution in [2.75, 3.05) is 26.3 Å². The van der Waals surface area contributed by atoms with E-state index in [1.54, 1.807) is 0 Å². The van der Waals surface area contributed by atoms with Crippen molar-refractivity contribution in [1.82, 2.24) is 9.88 Å². The Morgan fingerprint density at radius 3 is 2.89 bits per heavy atom. The van der Waals surface area contributed by atoms with Crippen LogP contribution in [0.5, 0.6) is 0 Å². The van der Waals surface area contributed by atoms with Gasteiger partial charge in [-0.25, -0.2) is 0 Å². The molecule has 1 amide bonds. The van der Waals surface area contributed by atoms with Crippen LogP contribution in [-0.4, -0.2) is 42.1 Å². The van der Waals surface area contributed by atoms with Gasteiger partial charge in [-0.2, -0.15) is 0 Å². The van der Waals surface area contributed by atoms with Crippen molar-refractivity contribution in [2.24, 2.45) is 0 Å². The molecule has 0 unspecified atom stereocenters. The zero-order chi connectivity index (χ0) is 12.5. The molecule has 0 atom stereocenters. The van der Waals surface area contributed by atoms with E-state index in [1.165, 1.54) is 10.9 Å². The third-order valence-electron chi connectivity index (χ3n) is 3.43. The molecule has 1 aliphatic rings. The van der Waals surface area contributed by atoms with Gasteiger partial charge in [-0.15, -0.1) is 0 Å². The molecule has 1 N–H and O–H groups in total. The molecule has 4 nitrogen and oxygen atoms in total. The summed E-state index contributed by atoms with van der Waals surface area (Å²) in [7, 11) is 0. The van der Waals surface area contributed by atoms with Gasteiger partial charge in [0.25, 0.3) is 5.91 Å². The minimum absolute atomic E-state index is 0.0902. The Balaban J connectivity index is 1.91. The van der Waals surface area contributed by atoms with Crippen molar-refractivity contribution in [2.45, 2.75) is 6.92 Å². The van der Waals surface area contributed by atoms with Crippen molar-refractivity contribution in [3.63, 3.8) is 0 Å². The number of amides is 1. The topological polar surface area (TPSA) is 45.3 Å². The Morgan fingerprint density at radius 1 is 1.33 bits per heavy atom. The van der Waals surface area contributed by atoms with Crippen LogP contribution < -0.4 is 0 Å². The van der Waals surface area contributed by atoms with Gasteiger partial charge >= 0.3 is 0 Å². The molecule has 1 aliphatic heterocycles. The van der Waals surface area contributed by atoms with Crippen LogP contribution in [0.2, 0.25) is 0 Å². The lowest BCUT2D eigenvalue weighted by atomic mass is 10.1. The van der Waals surface area contributed by atoms with E-state index in [1.807, 2.05) is 29.3 Å². The lowest BCUT2D eigenvalue weighted by Crippen LogP contribution is -2.40. The van der Waals surface area contributed by atoms with Gasteiger partial charge in [0.15, 0.2) is 0 Å². The molecule has 4 heteroatoms. The summed E-state index contributed by atoms with van der Waals surface area (Å²) in [5.74, 6) is 0.0902. The Kier molecular flexibility index (Phi) is 2.80. The minimum Gasteiger partial charge on any atom is -0.378 e. The van der Waals surface area contributed by atoms with Gasteiger partial charge in [0.2, 0.25) is 0 Å². The number of hydrogen-bond acceptors (Lipinski definition) is 2. The average Bonchev–Trinajstić information content (AvgIpc) is 2.80. The average molecular weight is 244 g/mol. The van der Waals surface area contributed by atoms with E-state index < -0.39 is 0 Å². The molecule has 1 aromatic heterocycles. The predicted octanol–water partition coefficient (Wildman–Crippen LogP) is 1.95. The molecule has 94 valence electrons. The molecule has 0 aliphatic carbocycles. The SMILES string of the molecule is Cc1c[nH]c2cc(C(=O)N3CCOCC3)ccc12. The highest BCUT2D eigenvalue weighted by Crippen LogP contribution is 2.19. The number of nitrogens with one attached hydrogen (secondary N) is 1. The molecule has 1 aromatic carbocycles. The Labute approximate surface area is 106 Å². The third kappa shape index (κ3) is 1.88. The van der Waals surface area contributed by atoms with E-state index in [4.69, 9.17) is 4.74 Å². The number of rotatable bonds is 1. The number of hydrogen-bond donors (Lipinski definition) is 1.